The molecule has 4 heteroatoms. The van der Waals surface area contributed by atoms with Crippen LogP contribution in [0.15, 0.2) is 0 Å². The van der Waals surface area contributed by atoms with Crippen molar-refractivity contribution < 1.29 is 9.53 Å². The fourth-order valence-electron chi connectivity index (χ4n) is 0.705. The van der Waals surface area contributed by atoms with E-state index in [2.05, 4.69) is 4.74 Å². The predicted octanol–water partition coefficient (Wildman–Crippen LogP) is 2.61. The van der Waals surface area contributed by atoms with Crippen molar-refractivity contribution in [1.82, 2.24) is 0 Å². The lowest BCUT2D eigenvalue weighted by atomic mass is 10.2. The van der Waals surface area contributed by atoms with Crippen molar-refractivity contribution in [2.75, 3.05) is 12.9 Å². The minimum atomic E-state index is -0.122. The normalized spacial score (nSPS) is 9.64. The van der Waals surface area contributed by atoms with E-state index < -0.39 is 0 Å². The molecule has 66 valence electrons. The van der Waals surface area contributed by atoms with E-state index in [-0.39, 0.29) is 5.97 Å². The highest BCUT2D eigenvalue weighted by atomic mass is 35.7. The number of unbranched alkanes of at least 4 members (excludes halogenated alkanes) is 2. The average molecular weight is 197 g/mol. The molecule has 0 aromatic carbocycles. The van der Waals surface area contributed by atoms with Gasteiger partial charge in [0.15, 0.2) is 0 Å². The van der Waals surface area contributed by atoms with E-state index in [1.54, 1.807) is 0 Å². The third kappa shape index (κ3) is 8.01. The number of esters is 1. The van der Waals surface area contributed by atoms with Gasteiger partial charge in [-0.1, -0.05) is 17.4 Å². The number of hydrogen-bond donors (Lipinski definition) is 0. The summed E-state index contributed by atoms with van der Waals surface area (Å²) in [6, 6.07) is 0. The maximum atomic E-state index is 10.6. The molecule has 0 rings (SSSR count). The topological polar surface area (TPSA) is 26.3 Å². The van der Waals surface area contributed by atoms with Crippen LogP contribution < -0.4 is 0 Å². The van der Waals surface area contributed by atoms with Gasteiger partial charge in [-0.2, -0.15) is 0 Å². The van der Waals surface area contributed by atoms with E-state index in [0.717, 1.165) is 25.0 Å². The summed E-state index contributed by atoms with van der Waals surface area (Å²) in [5.41, 5.74) is 0. The van der Waals surface area contributed by atoms with E-state index in [9.17, 15) is 4.79 Å². The van der Waals surface area contributed by atoms with E-state index in [4.69, 9.17) is 10.7 Å². The second-order valence-corrected chi connectivity index (χ2v) is 3.48. The Hall–Kier alpha value is 0.110. The number of hydrogen-bond acceptors (Lipinski definition) is 3. The summed E-state index contributed by atoms with van der Waals surface area (Å²) in [5.74, 6) is 0.839. The Morgan fingerprint density at radius 2 is 2.18 bits per heavy atom. The monoisotopic (exact) mass is 196 g/mol. The Morgan fingerprint density at radius 3 is 2.73 bits per heavy atom. The molecular formula is C7H13ClO2S. The van der Waals surface area contributed by atoms with Gasteiger partial charge in [-0.3, -0.25) is 4.79 Å². The van der Waals surface area contributed by atoms with E-state index in [0.29, 0.717) is 6.42 Å². The van der Waals surface area contributed by atoms with E-state index >= 15 is 0 Å². The molecule has 0 saturated heterocycles. The van der Waals surface area contributed by atoms with Gasteiger partial charge in [0, 0.05) is 12.2 Å². The fourth-order valence-corrected chi connectivity index (χ4v) is 1.35. The molecule has 0 spiro atoms. The number of carbonyl (C=O) groups excluding carboxylic acids is 1. The number of halogens is 1. The molecule has 2 nitrogen and oxygen atoms in total. The Bertz CT molecular complexity index is 109. The van der Waals surface area contributed by atoms with Crippen molar-refractivity contribution >= 4 is 27.6 Å². The highest BCUT2D eigenvalue weighted by Crippen LogP contribution is 2.10. The summed E-state index contributed by atoms with van der Waals surface area (Å²) >= 11 is 0. The molecule has 0 unspecified atom stereocenters. The summed E-state index contributed by atoms with van der Waals surface area (Å²) in [7, 11) is 8.13. The Balaban J connectivity index is 2.95. The smallest absolute Gasteiger partial charge is 0.305 e. The third-order valence-corrected chi connectivity index (χ3v) is 2.24. The van der Waals surface area contributed by atoms with Crippen molar-refractivity contribution in [3.05, 3.63) is 0 Å². The van der Waals surface area contributed by atoms with Crippen LogP contribution in [0.25, 0.3) is 0 Å². The van der Waals surface area contributed by atoms with Crippen LogP contribution in [0, 0.1) is 0 Å². The van der Waals surface area contributed by atoms with Crippen LogP contribution in [0.1, 0.15) is 25.7 Å². The molecule has 0 aromatic rings. The lowest BCUT2D eigenvalue weighted by molar-refractivity contribution is -0.140. The third-order valence-electron chi connectivity index (χ3n) is 1.33. The maximum Gasteiger partial charge on any atom is 0.305 e. The molecule has 0 fully saturated rings. The second-order valence-electron chi connectivity index (χ2n) is 2.20. The lowest BCUT2D eigenvalue weighted by Crippen LogP contribution is -1.99. The van der Waals surface area contributed by atoms with Crippen LogP contribution >= 0.6 is 21.7 Å². The quantitative estimate of drug-likeness (QED) is 0.483. The minimum absolute atomic E-state index is 0.122. The molecule has 0 radical (unpaired) electrons. The largest absolute Gasteiger partial charge is 0.469 e. The SMILES string of the molecule is COC(=O)CCCCCSCl. The number of carbonyl (C=O) groups is 1. The molecule has 11 heavy (non-hydrogen) atoms. The van der Waals surface area contributed by atoms with E-state index in [1.165, 1.54) is 18.1 Å². The van der Waals surface area contributed by atoms with Crippen molar-refractivity contribution in [2.45, 2.75) is 25.7 Å². The molecule has 0 heterocycles. The van der Waals surface area contributed by atoms with Gasteiger partial charge in [-0.15, -0.1) is 0 Å². The summed E-state index contributed by atoms with van der Waals surface area (Å²) in [6.45, 7) is 0. The summed E-state index contributed by atoms with van der Waals surface area (Å²) in [5, 5.41) is 0. The van der Waals surface area contributed by atoms with Crippen LogP contribution in [0.5, 0.6) is 0 Å². The van der Waals surface area contributed by atoms with E-state index in [1.807, 2.05) is 0 Å². The van der Waals surface area contributed by atoms with Crippen LogP contribution in [0.2, 0.25) is 0 Å². The predicted molar refractivity (Wildman–Crippen MR) is 48.8 cm³/mol. The Morgan fingerprint density at radius 1 is 1.45 bits per heavy atom. The van der Waals surface area contributed by atoms with Crippen molar-refractivity contribution in [3.63, 3.8) is 0 Å². The molecule has 0 atom stereocenters. The zero-order valence-electron chi connectivity index (χ0n) is 6.64. The van der Waals surface area contributed by atoms with Gasteiger partial charge in [-0.25, -0.2) is 0 Å². The fraction of sp³-hybridized carbons (Fsp3) is 0.857. The Kier molecular flexibility index (Phi) is 8.29. The zero-order valence-corrected chi connectivity index (χ0v) is 8.21. The Labute approximate surface area is 76.1 Å². The van der Waals surface area contributed by atoms with Gasteiger partial charge in [0.25, 0.3) is 0 Å². The molecule has 0 N–H and O–H groups in total. The molecule has 0 aromatic heterocycles. The maximum absolute atomic E-state index is 10.6. The van der Waals surface area contributed by atoms with Crippen molar-refractivity contribution in [2.24, 2.45) is 0 Å². The highest BCUT2D eigenvalue weighted by Gasteiger charge is 1.98. The standard InChI is InChI=1S/C7H13ClO2S/c1-10-7(9)5-3-2-4-6-11-8/h2-6H2,1H3. The molecule has 0 aliphatic carbocycles. The second kappa shape index (κ2) is 8.21. The number of rotatable bonds is 6. The van der Waals surface area contributed by atoms with Crippen LogP contribution in [-0.2, 0) is 9.53 Å². The van der Waals surface area contributed by atoms with Crippen LogP contribution in [0.3, 0.4) is 0 Å². The minimum Gasteiger partial charge on any atom is -0.469 e. The van der Waals surface area contributed by atoms with Gasteiger partial charge in [0.05, 0.1) is 7.11 Å². The highest BCUT2D eigenvalue weighted by molar-refractivity contribution is 8.21. The first kappa shape index (κ1) is 11.1. The van der Waals surface area contributed by atoms with Gasteiger partial charge in [0.1, 0.15) is 0 Å². The molecule has 0 aliphatic heterocycles. The first-order valence-corrected chi connectivity index (χ1v) is 5.42. The lowest BCUT2D eigenvalue weighted by Gasteiger charge is -1.97. The van der Waals surface area contributed by atoms with Gasteiger partial charge >= 0.3 is 5.97 Å². The van der Waals surface area contributed by atoms with Gasteiger partial charge in [0.2, 0.25) is 0 Å². The molecule has 0 amide bonds. The average Bonchev–Trinajstić information content (AvgIpc) is 2.04. The molecule has 0 bridgehead atoms. The van der Waals surface area contributed by atoms with Crippen LogP contribution in [0.4, 0.5) is 0 Å². The van der Waals surface area contributed by atoms with Crippen molar-refractivity contribution in [3.8, 4) is 0 Å². The van der Waals surface area contributed by atoms with Crippen molar-refractivity contribution in [1.29, 1.82) is 0 Å². The molecular weight excluding hydrogens is 184 g/mol. The van der Waals surface area contributed by atoms with Crippen LogP contribution in [-0.4, -0.2) is 18.8 Å². The number of ether oxygens (including phenoxy) is 1. The summed E-state index contributed by atoms with van der Waals surface area (Å²) in [4.78, 5) is 10.6. The first-order valence-electron chi connectivity index (χ1n) is 3.61. The summed E-state index contributed by atoms with van der Waals surface area (Å²) in [6.07, 6.45) is 3.56. The zero-order chi connectivity index (χ0) is 8.53. The van der Waals surface area contributed by atoms with Gasteiger partial charge < -0.3 is 4.74 Å². The molecule has 0 saturated carbocycles. The molecule has 0 aliphatic rings. The summed E-state index contributed by atoms with van der Waals surface area (Å²) < 4.78 is 4.49. The first-order chi connectivity index (χ1) is 5.31. The van der Waals surface area contributed by atoms with Gasteiger partial charge in [-0.05, 0) is 23.5 Å². The number of methoxy groups -OCH3 is 1.